The van der Waals surface area contributed by atoms with E-state index in [-0.39, 0.29) is 21.2 Å². The van der Waals surface area contributed by atoms with Crippen LogP contribution in [0.4, 0.5) is 0 Å². The molecule has 0 saturated heterocycles. The molecule has 2 aromatic carbocycles. The first-order valence-electron chi connectivity index (χ1n) is 16.1. The summed E-state index contributed by atoms with van der Waals surface area (Å²) in [5, 5.41) is 13.8. The van der Waals surface area contributed by atoms with E-state index in [1.165, 1.54) is 72.5 Å². The van der Waals surface area contributed by atoms with Gasteiger partial charge in [-0.2, -0.15) is 12.6 Å². The quantitative estimate of drug-likeness (QED) is 0.121. The summed E-state index contributed by atoms with van der Waals surface area (Å²) < 4.78 is 0. The van der Waals surface area contributed by atoms with Gasteiger partial charge in [0.1, 0.15) is 5.75 Å². The standard InChI is InChI=1S/C37H61OPS/c1-12-15-17-19-27(5)36(10,11)31-24-29(35(7,8)9)25-32(34(31)38)37(14-3,22-18-16-13-2)39-33-21-20-26(4)23-30(33)28(6)40/h20-21,23-25,27-28,38-40H,12-19,22H2,1-11H3. The smallest absolute Gasteiger partial charge is 0.123 e. The molecule has 2 aromatic rings. The summed E-state index contributed by atoms with van der Waals surface area (Å²) in [6.07, 6.45) is 10.7. The molecule has 0 aliphatic heterocycles. The van der Waals surface area contributed by atoms with Crippen LogP contribution in [0.15, 0.2) is 30.3 Å². The maximum Gasteiger partial charge on any atom is 0.123 e. The highest BCUT2D eigenvalue weighted by molar-refractivity contribution is 7.80. The normalized spacial score (nSPS) is 15.9. The molecule has 2 rings (SSSR count). The largest absolute Gasteiger partial charge is 0.507 e. The lowest BCUT2D eigenvalue weighted by Gasteiger charge is -2.40. The van der Waals surface area contributed by atoms with Gasteiger partial charge in [-0.25, -0.2) is 0 Å². The number of thiol groups is 1. The Morgan fingerprint density at radius 3 is 2.00 bits per heavy atom. The van der Waals surface area contributed by atoms with Gasteiger partial charge in [0.15, 0.2) is 0 Å². The molecule has 0 amide bonds. The predicted octanol–water partition coefficient (Wildman–Crippen LogP) is 11.7. The zero-order valence-corrected chi connectivity index (χ0v) is 29.7. The monoisotopic (exact) mass is 584 g/mol. The number of phenols is 1. The number of rotatable bonds is 15. The van der Waals surface area contributed by atoms with Crippen LogP contribution in [-0.2, 0) is 16.0 Å². The van der Waals surface area contributed by atoms with Gasteiger partial charge < -0.3 is 5.11 Å². The molecular weight excluding hydrogens is 523 g/mol. The Morgan fingerprint density at radius 2 is 1.45 bits per heavy atom. The van der Waals surface area contributed by atoms with Crippen molar-refractivity contribution in [1.29, 1.82) is 0 Å². The molecule has 1 N–H and O–H groups in total. The van der Waals surface area contributed by atoms with Gasteiger partial charge >= 0.3 is 0 Å². The predicted molar refractivity (Wildman–Crippen MR) is 186 cm³/mol. The second kappa shape index (κ2) is 15.0. The minimum Gasteiger partial charge on any atom is -0.507 e. The van der Waals surface area contributed by atoms with Gasteiger partial charge in [0.05, 0.1) is 0 Å². The minimum absolute atomic E-state index is 0.000623. The molecule has 4 unspecified atom stereocenters. The van der Waals surface area contributed by atoms with Crippen LogP contribution in [0.2, 0.25) is 0 Å². The van der Waals surface area contributed by atoms with Crippen molar-refractivity contribution >= 4 is 26.5 Å². The molecule has 0 aliphatic carbocycles. The Morgan fingerprint density at radius 1 is 0.850 bits per heavy atom. The van der Waals surface area contributed by atoms with E-state index in [0.717, 1.165) is 18.4 Å². The number of hydrogen-bond donors (Lipinski definition) is 2. The molecule has 40 heavy (non-hydrogen) atoms. The molecule has 0 aliphatic rings. The van der Waals surface area contributed by atoms with Crippen molar-refractivity contribution in [3.05, 3.63) is 58.1 Å². The molecule has 0 saturated carbocycles. The lowest BCUT2D eigenvalue weighted by Crippen LogP contribution is -2.30. The number of unbranched alkanes of at least 4 members (excludes halogenated alkanes) is 4. The molecule has 0 radical (unpaired) electrons. The van der Waals surface area contributed by atoms with E-state index in [0.29, 0.717) is 20.2 Å². The molecule has 0 heterocycles. The number of hydrogen-bond acceptors (Lipinski definition) is 2. The SMILES string of the molecule is CCCCCC(C)C(C)(C)c1cc(C(C)(C)C)cc(C(CC)(CCCCC)Pc2ccc(C)cc2C(C)S)c1O. The molecular formula is C37H61OPS. The highest BCUT2D eigenvalue weighted by atomic mass is 32.1. The molecule has 0 spiro atoms. The van der Waals surface area contributed by atoms with Gasteiger partial charge in [-0.05, 0) is 66.3 Å². The number of phenolic OH excluding ortho intramolecular Hbond substituents is 1. The number of aryl methyl sites for hydroxylation is 1. The van der Waals surface area contributed by atoms with Crippen LogP contribution in [0.1, 0.15) is 160 Å². The van der Waals surface area contributed by atoms with Gasteiger partial charge in [0.25, 0.3) is 0 Å². The third-order valence-corrected chi connectivity index (χ3v) is 11.9. The van der Waals surface area contributed by atoms with Crippen molar-refractivity contribution in [2.45, 2.75) is 155 Å². The van der Waals surface area contributed by atoms with Gasteiger partial charge in [-0.15, -0.1) is 0 Å². The van der Waals surface area contributed by atoms with Crippen molar-refractivity contribution in [3.8, 4) is 5.75 Å². The van der Waals surface area contributed by atoms with E-state index in [1.54, 1.807) is 0 Å². The highest BCUT2D eigenvalue weighted by Crippen LogP contribution is 2.55. The van der Waals surface area contributed by atoms with Crippen molar-refractivity contribution in [2.24, 2.45) is 5.92 Å². The Kier molecular flexibility index (Phi) is 13.2. The fraction of sp³-hybridized carbons (Fsp3) is 0.676. The van der Waals surface area contributed by atoms with Crippen molar-refractivity contribution in [2.75, 3.05) is 0 Å². The lowest BCUT2D eigenvalue weighted by atomic mass is 9.69. The first kappa shape index (κ1) is 35.2. The first-order valence-corrected chi connectivity index (χ1v) is 17.6. The average molecular weight is 585 g/mol. The Hall–Kier alpha value is -0.980. The second-order valence-electron chi connectivity index (χ2n) is 14.1. The van der Waals surface area contributed by atoms with Crippen molar-refractivity contribution in [1.82, 2.24) is 0 Å². The summed E-state index contributed by atoms with van der Waals surface area (Å²) in [6, 6.07) is 11.6. The second-order valence-corrected chi connectivity index (χ2v) is 16.6. The van der Waals surface area contributed by atoms with Crippen LogP contribution in [0.5, 0.6) is 5.75 Å². The fourth-order valence-electron chi connectivity index (χ4n) is 6.05. The number of benzene rings is 2. The Labute approximate surface area is 255 Å². The van der Waals surface area contributed by atoms with Crippen LogP contribution < -0.4 is 5.30 Å². The Balaban J connectivity index is 2.83. The average Bonchev–Trinajstić information content (AvgIpc) is 2.88. The van der Waals surface area contributed by atoms with E-state index < -0.39 is 0 Å². The summed E-state index contributed by atoms with van der Waals surface area (Å²) >= 11 is 4.90. The third-order valence-electron chi connectivity index (χ3n) is 9.50. The van der Waals surface area contributed by atoms with Crippen LogP contribution in [-0.4, -0.2) is 5.11 Å². The van der Waals surface area contributed by atoms with Gasteiger partial charge in [0.2, 0.25) is 0 Å². The van der Waals surface area contributed by atoms with E-state index in [1.807, 2.05) is 0 Å². The summed E-state index contributed by atoms with van der Waals surface area (Å²) in [6.45, 7) is 25.3. The summed E-state index contributed by atoms with van der Waals surface area (Å²) in [5.74, 6) is 1.04. The summed E-state index contributed by atoms with van der Waals surface area (Å²) in [7, 11) is 0.584. The van der Waals surface area contributed by atoms with E-state index in [2.05, 4.69) is 106 Å². The van der Waals surface area contributed by atoms with Crippen molar-refractivity contribution in [3.63, 3.8) is 0 Å². The maximum atomic E-state index is 12.3. The lowest BCUT2D eigenvalue weighted by molar-refractivity contribution is 0.301. The fourth-order valence-corrected chi connectivity index (χ4v) is 8.30. The van der Waals surface area contributed by atoms with Gasteiger partial charge in [-0.3, -0.25) is 0 Å². The zero-order valence-electron chi connectivity index (χ0n) is 27.8. The molecule has 0 aromatic heterocycles. The first-order chi connectivity index (χ1) is 18.6. The maximum absolute atomic E-state index is 12.3. The van der Waals surface area contributed by atoms with Crippen LogP contribution in [0.25, 0.3) is 0 Å². The van der Waals surface area contributed by atoms with E-state index in [9.17, 15) is 5.11 Å². The van der Waals surface area contributed by atoms with Crippen molar-refractivity contribution < 1.29 is 5.11 Å². The molecule has 3 heteroatoms. The third kappa shape index (κ3) is 8.53. The van der Waals surface area contributed by atoms with Crippen LogP contribution >= 0.6 is 21.2 Å². The summed E-state index contributed by atoms with van der Waals surface area (Å²) in [4.78, 5) is 0. The molecule has 0 fully saturated rings. The van der Waals surface area contributed by atoms with Gasteiger partial charge in [0, 0.05) is 21.5 Å². The van der Waals surface area contributed by atoms with E-state index >= 15 is 0 Å². The van der Waals surface area contributed by atoms with Crippen LogP contribution in [0, 0.1) is 12.8 Å². The highest BCUT2D eigenvalue weighted by Gasteiger charge is 2.39. The van der Waals surface area contributed by atoms with Gasteiger partial charge in [-0.1, -0.05) is 145 Å². The number of aromatic hydroxyl groups is 1. The molecule has 226 valence electrons. The summed E-state index contributed by atoms with van der Waals surface area (Å²) in [5.41, 5.74) is 6.17. The van der Waals surface area contributed by atoms with E-state index in [4.69, 9.17) is 12.6 Å². The minimum atomic E-state index is -0.117. The molecule has 0 bridgehead atoms. The molecule has 4 atom stereocenters. The Bertz CT molecular complexity index is 1080. The zero-order chi connectivity index (χ0) is 30.3. The topological polar surface area (TPSA) is 20.2 Å². The van der Waals surface area contributed by atoms with Crippen LogP contribution in [0.3, 0.4) is 0 Å². The molecule has 1 nitrogen and oxygen atoms in total.